The summed E-state index contributed by atoms with van der Waals surface area (Å²) in [6.45, 7) is 1.50. The van der Waals surface area contributed by atoms with Gasteiger partial charge in [-0.2, -0.15) is 0 Å². The van der Waals surface area contributed by atoms with Gasteiger partial charge in [0.05, 0.1) is 13.2 Å². The molecule has 1 aliphatic carbocycles. The van der Waals surface area contributed by atoms with Crippen molar-refractivity contribution in [1.82, 2.24) is 10.6 Å². The smallest absolute Gasteiger partial charge is 0.170 e. The van der Waals surface area contributed by atoms with Crippen LogP contribution in [0.1, 0.15) is 19.3 Å². The zero-order chi connectivity index (χ0) is 10.0. The summed E-state index contributed by atoms with van der Waals surface area (Å²) in [4.78, 5) is 0. The summed E-state index contributed by atoms with van der Waals surface area (Å²) in [5.74, 6) is -0.277. The summed E-state index contributed by atoms with van der Waals surface area (Å²) >= 11 is 0. The highest BCUT2D eigenvalue weighted by Crippen LogP contribution is 2.35. The van der Waals surface area contributed by atoms with E-state index in [9.17, 15) is 0 Å². The van der Waals surface area contributed by atoms with Crippen molar-refractivity contribution in [3.05, 3.63) is 0 Å². The maximum absolute atomic E-state index is 5.72. The Balaban J connectivity index is 2.00. The number of hydrogen-bond acceptors (Lipinski definition) is 4. The predicted molar refractivity (Wildman–Crippen MR) is 54.2 cm³/mol. The molecule has 2 fully saturated rings. The Morgan fingerprint density at radius 1 is 1.07 bits per heavy atom. The molecule has 1 heterocycles. The Bertz CT molecular complexity index is 193. The molecule has 82 valence electrons. The summed E-state index contributed by atoms with van der Waals surface area (Å²) in [7, 11) is 4.02. The average molecular weight is 200 g/mol. The number of likely N-dealkylation sites (N-methyl/N-ethyl adjacent to an activating group) is 2. The van der Waals surface area contributed by atoms with Gasteiger partial charge in [-0.05, 0) is 20.5 Å². The van der Waals surface area contributed by atoms with Gasteiger partial charge in [-0.1, -0.05) is 0 Å². The molecule has 0 aromatic carbocycles. The van der Waals surface area contributed by atoms with Crippen LogP contribution >= 0.6 is 0 Å². The van der Waals surface area contributed by atoms with Crippen LogP contribution in [-0.2, 0) is 9.47 Å². The second kappa shape index (κ2) is 4.14. The van der Waals surface area contributed by atoms with Crippen LogP contribution in [0, 0.1) is 0 Å². The van der Waals surface area contributed by atoms with Gasteiger partial charge in [0.25, 0.3) is 0 Å². The van der Waals surface area contributed by atoms with Crippen molar-refractivity contribution in [2.24, 2.45) is 0 Å². The molecular formula is C10H20N2O2. The lowest BCUT2D eigenvalue weighted by Crippen LogP contribution is -2.54. The van der Waals surface area contributed by atoms with Gasteiger partial charge >= 0.3 is 0 Å². The summed E-state index contributed by atoms with van der Waals surface area (Å²) in [5, 5.41) is 6.67. The Morgan fingerprint density at radius 2 is 1.71 bits per heavy atom. The second-order valence-electron chi connectivity index (χ2n) is 4.14. The molecule has 2 rings (SSSR count). The van der Waals surface area contributed by atoms with Gasteiger partial charge in [0.1, 0.15) is 0 Å². The molecule has 14 heavy (non-hydrogen) atoms. The van der Waals surface area contributed by atoms with Crippen LogP contribution in [0.5, 0.6) is 0 Å². The number of nitrogens with one attached hydrogen (secondary N) is 2. The number of hydrogen-bond donors (Lipinski definition) is 2. The maximum Gasteiger partial charge on any atom is 0.170 e. The van der Waals surface area contributed by atoms with Crippen LogP contribution in [0.4, 0.5) is 0 Å². The third-order valence-electron chi connectivity index (χ3n) is 3.41. The quantitative estimate of drug-likeness (QED) is 0.663. The normalized spacial score (nSPS) is 36.4. The van der Waals surface area contributed by atoms with E-state index in [0.29, 0.717) is 12.1 Å². The molecule has 4 heteroatoms. The van der Waals surface area contributed by atoms with Crippen LogP contribution < -0.4 is 10.6 Å². The van der Waals surface area contributed by atoms with Crippen molar-refractivity contribution in [2.75, 3.05) is 27.3 Å². The van der Waals surface area contributed by atoms with Crippen LogP contribution in [0.25, 0.3) is 0 Å². The molecule has 4 nitrogen and oxygen atoms in total. The molecule has 0 unspecified atom stereocenters. The molecule has 0 radical (unpaired) electrons. The van der Waals surface area contributed by atoms with Crippen LogP contribution in [-0.4, -0.2) is 45.2 Å². The van der Waals surface area contributed by atoms with E-state index in [4.69, 9.17) is 9.47 Å². The van der Waals surface area contributed by atoms with Crippen molar-refractivity contribution < 1.29 is 9.47 Å². The minimum Gasteiger partial charge on any atom is -0.347 e. The zero-order valence-electron chi connectivity index (χ0n) is 9.01. The molecule has 0 aromatic rings. The van der Waals surface area contributed by atoms with Gasteiger partial charge < -0.3 is 20.1 Å². The Morgan fingerprint density at radius 3 is 2.29 bits per heavy atom. The van der Waals surface area contributed by atoms with E-state index < -0.39 is 0 Å². The van der Waals surface area contributed by atoms with E-state index in [1.165, 1.54) is 0 Å². The molecule has 1 aliphatic heterocycles. The van der Waals surface area contributed by atoms with Gasteiger partial charge in [-0.15, -0.1) is 0 Å². The minimum atomic E-state index is -0.277. The van der Waals surface area contributed by atoms with Gasteiger partial charge in [0.2, 0.25) is 0 Å². The van der Waals surface area contributed by atoms with Crippen molar-refractivity contribution in [3.63, 3.8) is 0 Å². The van der Waals surface area contributed by atoms with E-state index in [-0.39, 0.29) is 5.79 Å². The van der Waals surface area contributed by atoms with Crippen LogP contribution in [0.2, 0.25) is 0 Å². The molecule has 1 saturated carbocycles. The van der Waals surface area contributed by atoms with Crippen molar-refractivity contribution in [3.8, 4) is 0 Å². The van der Waals surface area contributed by atoms with Gasteiger partial charge in [-0.3, -0.25) is 0 Å². The minimum absolute atomic E-state index is 0.277. The van der Waals surface area contributed by atoms with Gasteiger partial charge in [0, 0.05) is 24.9 Å². The predicted octanol–water partition coefficient (Wildman–Crippen LogP) is 0.0894. The summed E-state index contributed by atoms with van der Waals surface area (Å²) in [5.41, 5.74) is 0. The lowest BCUT2D eigenvalue weighted by Gasteiger charge is -2.40. The Labute approximate surface area is 85.3 Å². The first-order valence-electron chi connectivity index (χ1n) is 5.42. The summed E-state index contributed by atoms with van der Waals surface area (Å²) in [6, 6.07) is 0.991. The fraction of sp³-hybridized carbons (Fsp3) is 1.00. The second-order valence-corrected chi connectivity index (χ2v) is 4.14. The highest BCUT2D eigenvalue weighted by Gasteiger charge is 2.44. The first-order valence-corrected chi connectivity index (χ1v) is 5.42. The fourth-order valence-corrected chi connectivity index (χ4v) is 2.56. The first kappa shape index (κ1) is 10.4. The highest BCUT2D eigenvalue weighted by molar-refractivity contribution is 4.94. The zero-order valence-corrected chi connectivity index (χ0v) is 9.01. The third-order valence-corrected chi connectivity index (χ3v) is 3.41. The summed E-state index contributed by atoms with van der Waals surface area (Å²) < 4.78 is 11.4. The van der Waals surface area contributed by atoms with E-state index >= 15 is 0 Å². The number of rotatable bonds is 2. The maximum atomic E-state index is 5.72. The Hall–Kier alpha value is -0.160. The molecule has 0 amide bonds. The van der Waals surface area contributed by atoms with E-state index in [1.807, 2.05) is 14.1 Å². The van der Waals surface area contributed by atoms with Crippen molar-refractivity contribution >= 4 is 0 Å². The molecule has 2 N–H and O–H groups in total. The average Bonchev–Trinajstić information content (AvgIpc) is 2.66. The largest absolute Gasteiger partial charge is 0.347 e. The lowest BCUT2D eigenvalue weighted by atomic mass is 9.86. The monoisotopic (exact) mass is 200 g/mol. The standard InChI is InChI=1S/C10H20N2O2/c1-11-8-3-4-10(7-9(8)12-2)13-5-6-14-10/h8-9,11-12H,3-7H2,1-2H3/t8-,9+/m0/s1. The van der Waals surface area contributed by atoms with Crippen molar-refractivity contribution in [2.45, 2.75) is 37.1 Å². The highest BCUT2D eigenvalue weighted by atomic mass is 16.7. The van der Waals surface area contributed by atoms with E-state index in [0.717, 1.165) is 32.5 Å². The molecule has 1 saturated heterocycles. The summed E-state index contributed by atoms with van der Waals surface area (Å²) in [6.07, 6.45) is 3.08. The van der Waals surface area contributed by atoms with Crippen LogP contribution in [0.15, 0.2) is 0 Å². The molecule has 2 atom stereocenters. The topological polar surface area (TPSA) is 42.5 Å². The van der Waals surface area contributed by atoms with Crippen molar-refractivity contribution in [1.29, 1.82) is 0 Å². The molecule has 0 bridgehead atoms. The van der Waals surface area contributed by atoms with Crippen LogP contribution in [0.3, 0.4) is 0 Å². The molecule has 1 spiro atoms. The van der Waals surface area contributed by atoms with E-state index in [1.54, 1.807) is 0 Å². The molecular weight excluding hydrogens is 180 g/mol. The molecule has 2 aliphatic rings. The van der Waals surface area contributed by atoms with Gasteiger partial charge in [-0.25, -0.2) is 0 Å². The third kappa shape index (κ3) is 1.80. The lowest BCUT2D eigenvalue weighted by molar-refractivity contribution is -0.184. The molecule has 0 aromatic heterocycles. The first-order chi connectivity index (χ1) is 6.79. The number of ether oxygens (including phenoxy) is 2. The SMILES string of the molecule is CN[C@H]1CCC2(C[C@H]1NC)OCCO2. The van der Waals surface area contributed by atoms with Gasteiger partial charge in [0.15, 0.2) is 5.79 Å². The van der Waals surface area contributed by atoms with E-state index in [2.05, 4.69) is 10.6 Å². The Kier molecular flexibility index (Phi) is 3.07. The fourth-order valence-electron chi connectivity index (χ4n) is 2.56.